The van der Waals surface area contributed by atoms with Crippen molar-refractivity contribution in [3.63, 3.8) is 0 Å². The zero-order valence-electron chi connectivity index (χ0n) is 1.26. The molecule has 0 aromatic rings. The van der Waals surface area contributed by atoms with Crippen LogP contribution in [0.5, 0.6) is 0 Å². The van der Waals surface area contributed by atoms with Gasteiger partial charge in [0.1, 0.15) is 0 Å². The van der Waals surface area contributed by atoms with Crippen molar-refractivity contribution < 1.29 is 0 Å². The summed E-state index contributed by atoms with van der Waals surface area (Å²) in [4.78, 5) is 0. The molecular weight excluding hydrogens is 109 g/mol. The van der Waals surface area contributed by atoms with Gasteiger partial charge in [0.05, 0.1) is 0 Å². The summed E-state index contributed by atoms with van der Waals surface area (Å²) in [6.45, 7) is 0. The van der Waals surface area contributed by atoms with Gasteiger partial charge in [0.2, 0.25) is 0 Å². The van der Waals surface area contributed by atoms with Gasteiger partial charge in [0.15, 0.2) is 0 Å². The van der Waals surface area contributed by atoms with Gasteiger partial charge in [-0.3, -0.25) is 0 Å². The lowest BCUT2D eigenvalue weighted by Gasteiger charge is -0.148. The first-order valence-electron chi connectivity index (χ1n) is 0. The van der Waals surface area contributed by atoms with Gasteiger partial charge in [-0.05, 0) is 0 Å². The van der Waals surface area contributed by atoms with E-state index in [0.29, 0.717) is 0 Å². The number of halogens is 2. The molecule has 4 heavy (non-hydrogen) atoms. The third kappa shape index (κ3) is 10.3. The first-order chi connectivity index (χ1) is 0. The smallest absolute Gasteiger partial charge is 0.147 e. The maximum absolute atomic E-state index is 0. The summed E-state index contributed by atoms with van der Waals surface area (Å²) < 4.78 is 0. The fraction of sp³-hybridized carbons (Fsp3) is 0. The molecule has 0 fully saturated rings. The summed E-state index contributed by atoms with van der Waals surface area (Å²) in [5.74, 6) is 0. The number of hydrogen-bond acceptors (Lipinski definition) is 0. The predicted molar refractivity (Wildman–Crippen MR) is 25.2 cm³/mol. The average molecular weight is 113 g/mol. The molecule has 0 aliphatic carbocycles. The van der Waals surface area contributed by atoms with Crippen molar-refractivity contribution in [3.8, 4) is 0 Å². The predicted octanol–water partition coefficient (Wildman–Crippen LogP) is -0.553. The minimum Gasteiger partial charge on any atom is -0.147 e. The molecule has 4 heteroatoms. The van der Waals surface area contributed by atoms with E-state index in [2.05, 4.69) is 0 Å². The van der Waals surface area contributed by atoms with E-state index in [0.717, 1.165) is 0 Å². The molecule has 0 spiro atoms. The molecule has 3 radical (unpaired) electrons. The molecule has 0 aromatic carbocycles. The summed E-state index contributed by atoms with van der Waals surface area (Å²) >= 11 is 0. The van der Waals surface area contributed by atoms with Gasteiger partial charge in [0, 0.05) is 6.15 Å². The van der Waals surface area contributed by atoms with Crippen LogP contribution >= 0.6 is 24.8 Å². The molecule has 0 aliphatic heterocycles. The van der Waals surface area contributed by atoms with Crippen molar-refractivity contribution >= 4 is 47.9 Å². The van der Waals surface area contributed by atoms with Gasteiger partial charge >= 0.3 is 23.1 Å². The molecule has 25 valence electrons. The molecule has 0 atom stereocenters. The average Bonchev–Trinajstić information content (AvgIpc) is 0. The maximum atomic E-state index is 0. The largest absolute Gasteiger partial charge is 0.316 e. The second-order valence-corrected chi connectivity index (χ2v) is 0. The van der Waals surface area contributed by atoms with E-state index in [4.69, 9.17) is 0 Å². The van der Waals surface area contributed by atoms with Crippen molar-refractivity contribution in [1.82, 2.24) is 6.15 Å². The van der Waals surface area contributed by atoms with Gasteiger partial charge in [-0.25, -0.2) is 0 Å². The van der Waals surface area contributed by atoms with Crippen LogP contribution in [0.1, 0.15) is 0 Å². The quantitative estimate of drug-likeness (QED) is 0.377. The van der Waals surface area contributed by atoms with E-state index in [1.807, 2.05) is 0 Å². The van der Waals surface area contributed by atoms with Gasteiger partial charge in [-0.1, -0.05) is 0 Å². The first kappa shape index (κ1) is 57.7. The van der Waals surface area contributed by atoms with E-state index in [9.17, 15) is 0 Å². The highest BCUT2D eigenvalue weighted by molar-refractivity contribution is 5.85. The molecule has 0 aliphatic rings. The van der Waals surface area contributed by atoms with Crippen LogP contribution in [0.4, 0.5) is 0 Å². The molecule has 0 amide bonds. The van der Waals surface area contributed by atoms with Crippen molar-refractivity contribution in [2.45, 2.75) is 0 Å². The lowest BCUT2D eigenvalue weighted by molar-refractivity contribution is 2.13. The van der Waals surface area contributed by atoms with Crippen LogP contribution in [0.2, 0.25) is 0 Å². The fourth-order valence-corrected chi connectivity index (χ4v) is 0. The Morgan fingerprint density at radius 2 is 0.750 bits per heavy atom. The minimum absolute atomic E-state index is 0. The lowest BCUT2D eigenvalue weighted by Crippen LogP contribution is -0.481. The van der Waals surface area contributed by atoms with E-state index in [1.165, 1.54) is 0 Å². The van der Waals surface area contributed by atoms with Gasteiger partial charge in [-0.15, -0.1) is 24.8 Å². The fourth-order valence-electron chi connectivity index (χ4n) is 0. The lowest BCUT2D eigenvalue weighted by atomic mass is 14.0. The summed E-state index contributed by atoms with van der Waals surface area (Å²) in [5, 5.41) is 0. The highest BCUT2D eigenvalue weighted by Crippen LogP contribution is 0.691. The van der Waals surface area contributed by atoms with E-state index in [-0.39, 0.29) is 54.0 Å². The van der Waals surface area contributed by atoms with E-state index >= 15 is 0 Å². The van der Waals surface area contributed by atoms with Gasteiger partial charge in [-0.2, -0.15) is 0 Å². The summed E-state index contributed by atoms with van der Waals surface area (Å²) in [7, 11) is 0. The number of nitrogens with zero attached hydrogens (tertiary/aromatic N) is 1. The Kier molecular flexibility index (Phi) is 398. The van der Waals surface area contributed by atoms with Crippen LogP contribution in [0.25, 0.3) is 0 Å². The highest BCUT2D eigenvalue weighted by atomic mass is 35.5. The minimum atomic E-state index is 0. The Morgan fingerprint density at radius 1 is 0.750 bits per heavy atom. The Balaban J connectivity index is 0. The summed E-state index contributed by atoms with van der Waals surface area (Å²) in [6.07, 6.45) is 0. The van der Waals surface area contributed by atoms with Crippen LogP contribution in [0.15, 0.2) is 0 Å². The van der Waals surface area contributed by atoms with E-state index in [1.54, 1.807) is 0 Å². The zero-order chi connectivity index (χ0) is 0. The standard InChI is InChI=1S/2ClH.Mg.N.2H/h2*1H;;;;. The maximum Gasteiger partial charge on any atom is 0.316 e. The molecule has 0 bridgehead atoms. The Labute approximate surface area is 54.1 Å². The summed E-state index contributed by atoms with van der Waals surface area (Å²) in [5.41, 5.74) is 0. The van der Waals surface area contributed by atoms with Crippen molar-refractivity contribution in [2.75, 3.05) is 0 Å². The van der Waals surface area contributed by atoms with Crippen molar-refractivity contribution in [3.05, 3.63) is 0 Å². The number of rotatable bonds is 0. The molecule has 0 saturated carbocycles. The molecule has 0 rings (SSSR count). The SMILES string of the molecule is Cl.Cl.[MgH2].[N]. The van der Waals surface area contributed by atoms with Crippen LogP contribution in [0, 0.1) is 0 Å². The monoisotopic (exact) mass is 112 g/mol. The Bertz CT molecular complexity index is 6.00. The van der Waals surface area contributed by atoms with Crippen LogP contribution in [0.3, 0.4) is 0 Å². The second kappa shape index (κ2) is 27.6. The highest BCUT2D eigenvalue weighted by Gasteiger charge is 0.316. The third-order valence-electron chi connectivity index (χ3n) is 0. The molecule has 0 saturated heterocycles. The number of hydrogen-bond donors (Lipinski definition) is 0. The van der Waals surface area contributed by atoms with Gasteiger partial charge in [0.25, 0.3) is 0 Å². The molecule has 0 N–H and O–H groups in total. The van der Waals surface area contributed by atoms with Crippen LogP contribution in [-0.4, -0.2) is 23.1 Å². The van der Waals surface area contributed by atoms with Crippen LogP contribution < -0.4 is 6.15 Å². The van der Waals surface area contributed by atoms with Crippen molar-refractivity contribution in [1.29, 1.82) is 0 Å². The second-order valence-electron chi connectivity index (χ2n) is 0. The Morgan fingerprint density at radius 3 is 0.750 bits per heavy atom. The van der Waals surface area contributed by atoms with Crippen molar-refractivity contribution in [2.24, 2.45) is 0 Å². The zero-order valence-corrected chi connectivity index (χ0v) is 2.90. The topological polar surface area (TPSA) is 30.5 Å². The first-order valence-corrected chi connectivity index (χ1v) is 0. The van der Waals surface area contributed by atoms with E-state index < -0.39 is 0 Å². The third-order valence-corrected chi connectivity index (χ3v) is 0. The molecule has 0 unspecified atom stereocenters. The molecule has 0 heterocycles. The summed E-state index contributed by atoms with van der Waals surface area (Å²) in [6, 6.07) is 0. The molecular formula is H4Cl2MgN. The normalized spacial score (nSPS) is 0. The molecule has 0 aromatic heterocycles. The Hall–Kier alpha value is 1.31. The van der Waals surface area contributed by atoms with Crippen LogP contribution in [-0.2, 0) is 0 Å². The molecule has 1 nitrogen and oxygen atoms in total. The van der Waals surface area contributed by atoms with Gasteiger partial charge < -0.3 is 0 Å².